The summed E-state index contributed by atoms with van der Waals surface area (Å²) in [4.78, 5) is 0. The average Bonchev–Trinajstić information content (AvgIpc) is 3.22. The first kappa shape index (κ1) is 31.5. The highest BCUT2D eigenvalue weighted by molar-refractivity contribution is 5.22. The molecule has 4 N–H and O–H groups in total. The van der Waals surface area contributed by atoms with Crippen LogP contribution < -0.4 is 0 Å². The van der Waals surface area contributed by atoms with Crippen molar-refractivity contribution in [1.29, 1.82) is 0 Å². The molecule has 2 fully saturated rings. The monoisotopic (exact) mass is 506 g/mol. The molecule has 0 radical (unpaired) electrons. The minimum absolute atomic E-state index is 0.415. The quantitative estimate of drug-likeness (QED) is 0.176. The Balaban J connectivity index is 2.07. The van der Waals surface area contributed by atoms with Crippen molar-refractivity contribution in [2.75, 3.05) is 0 Å². The van der Waals surface area contributed by atoms with Gasteiger partial charge in [0.25, 0.3) is 0 Å². The highest BCUT2D eigenvalue weighted by Crippen LogP contribution is 2.44. The number of hydrogen-bond donors (Lipinski definition) is 4. The van der Waals surface area contributed by atoms with Gasteiger partial charge in [-0.25, -0.2) is 0 Å². The molecule has 4 heteroatoms. The molecule has 0 aromatic heterocycles. The lowest BCUT2D eigenvalue weighted by molar-refractivity contribution is 0.0601. The van der Waals surface area contributed by atoms with E-state index in [1.807, 2.05) is 27.7 Å². The summed E-state index contributed by atoms with van der Waals surface area (Å²) >= 11 is 0. The number of aliphatic hydroxyl groups excluding tert-OH is 2. The number of rotatable bonds is 15. The molecule has 0 aromatic carbocycles. The third-order valence-corrected chi connectivity index (χ3v) is 8.53. The van der Waals surface area contributed by atoms with Crippen LogP contribution in [0, 0.1) is 17.8 Å². The maximum Gasteiger partial charge on any atom is 0.0602 e. The molecule has 4 nitrogen and oxygen atoms in total. The molecule has 2 rings (SSSR count). The van der Waals surface area contributed by atoms with Gasteiger partial charge in [0.1, 0.15) is 0 Å². The van der Waals surface area contributed by atoms with Crippen LogP contribution in [-0.4, -0.2) is 43.8 Å². The Morgan fingerprint density at radius 3 is 1.97 bits per heavy atom. The van der Waals surface area contributed by atoms with Gasteiger partial charge in [-0.05, 0) is 110 Å². The summed E-state index contributed by atoms with van der Waals surface area (Å²) in [6.45, 7) is 9.90. The highest BCUT2D eigenvalue weighted by atomic mass is 16.3. The van der Waals surface area contributed by atoms with Gasteiger partial charge in [0.05, 0.1) is 23.4 Å². The van der Waals surface area contributed by atoms with Crippen LogP contribution >= 0.6 is 0 Å². The Kier molecular flexibility index (Phi) is 13.2. The fourth-order valence-corrected chi connectivity index (χ4v) is 6.52. The van der Waals surface area contributed by atoms with E-state index in [0.717, 1.165) is 38.0 Å². The zero-order valence-corrected chi connectivity index (χ0v) is 24.1. The summed E-state index contributed by atoms with van der Waals surface area (Å²) in [6.07, 6.45) is 20.4. The van der Waals surface area contributed by atoms with Gasteiger partial charge in [0.15, 0.2) is 0 Å². The second-order valence-electron chi connectivity index (χ2n) is 13.4. The van der Waals surface area contributed by atoms with Crippen molar-refractivity contribution in [1.82, 2.24) is 0 Å². The molecule has 210 valence electrons. The molecule has 0 spiro atoms. The fourth-order valence-electron chi connectivity index (χ4n) is 6.52. The van der Waals surface area contributed by atoms with Crippen LogP contribution in [0.4, 0.5) is 0 Å². The molecule has 2 aliphatic carbocycles. The van der Waals surface area contributed by atoms with Gasteiger partial charge in [0.2, 0.25) is 0 Å². The summed E-state index contributed by atoms with van der Waals surface area (Å²) in [5.74, 6) is 2.02. The molecule has 0 amide bonds. The largest absolute Gasteiger partial charge is 0.393 e. The Bertz CT molecular complexity index is 649. The number of aliphatic hydroxyl groups is 4. The summed E-state index contributed by atoms with van der Waals surface area (Å²) in [5.41, 5.74) is 1.55. The van der Waals surface area contributed by atoms with Gasteiger partial charge in [-0.1, -0.05) is 68.7 Å². The third-order valence-electron chi connectivity index (χ3n) is 8.53. The zero-order valence-electron chi connectivity index (χ0n) is 24.1. The van der Waals surface area contributed by atoms with Crippen molar-refractivity contribution >= 4 is 0 Å². The van der Waals surface area contributed by atoms with E-state index in [0.29, 0.717) is 31.1 Å². The number of hydrogen-bond acceptors (Lipinski definition) is 4. The van der Waals surface area contributed by atoms with Crippen molar-refractivity contribution < 1.29 is 20.4 Å². The Labute approximate surface area is 222 Å². The van der Waals surface area contributed by atoms with Crippen molar-refractivity contribution in [3.63, 3.8) is 0 Å². The summed E-state index contributed by atoms with van der Waals surface area (Å²) in [7, 11) is 0. The lowest BCUT2D eigenvalue weighted by atomic mass is 9.80. The van der Waals surface area contributed by atoms with Gasteiger partial charge in [-0.2, -0.15) is 0 Å². The topological polar surface area (TPSA) is 80.9 Å². The zero-order chi connectivity index (χ0) is 26.8. The Morgan fingerprint density at radius 1 is 0.861 bits per heavy atom. The maximum atomic E-state index is 10.2. The second-order valence-corrected chi connectivity index (χ2v) is 13.4. The van der Waals surface area contributed by atoms with Crippen LogP contribution in [-0.2, 0) is 0 Å². The van der Waals surface area contributed by atoms with Gasteiger partial charge >= 0.3 is 0 Å². The van der Waals surface area contributed by atoms with Gasteiger partial charge in [-0.3, -0.25) is 0 Å². The fraction of sp³-hybridized carbons (Fsp3) is 0.875. The molecule has 0 saturated heterocycles. The lowest BCUT2D eigenvalue weighted by Gasteiger charge is -2.27. The Morgan fingerprint density at radius 2 is 1.44 bits per heavy atom. The highest BCUT2D eigenvalue weighted by Gasteiger charge is 2.32. The van der Waals surface area contributed by atoms with E-state index in [-0.39, 0.29) is 0 Å². The van der Waals surface area contributed by atoms with Gasteiger partial charge in [0, 0.05) is 0 Å². The standard InChI is InChI=1S/C32H58O4/c1-6-7-8-11-26(15-14-24-20-29(33)23-30(34)21-24)28-17-16-27(22-28)25(12-9-18-31(2,3)35)13-10-19-32(4,5)36/h14-15,25,27-30,33-36H,6-13,16-23H2,1-5H3/b26-15+/t27-,28?,29+,30+/m0/s1. The van der Waals surface area contributed by atoms with Crippen LogP contribution in [0.25, 0.3) is 0 Å². The molecule has 0 heterocycles. The van der Waals surface area contributed by atoms with Crippen LogP contribution in [0.2, 0.25) is 0 Å². The molecular weight excluding hydrogens is 448 g/mol. The molecule has 0 bridgehead atoms. The molecule has 1 unspecified atom stereocenters. The first-order chi connectivity index (χ1) is 16.9. The van der Waals surface area contributed by atoms with E-state index in [2.05, 4.69) is 19.1 Å². The third kappa shape index (κ3) is 12.7. The minimum Gasteiger partial charge on any atom is -0.393 e. The smallest absolute Gasteiger partial charge is 0.0602 e. The van der Waals surface area contributed by atoms with E-state index < -0.39 is 23.4 Å². The predicted octanol–water partition coefficient (Wildman–Crippen LogP) is 7.24. The number of unbranched alkanes of at least 4 members (excludes halogenated alkanes) is 2. The van der Waals surface area contributed by atoms with Crippen molar-refractivity contribution in [2.24, 2.45) is 17.8 Å². The van der Waals surface area contributed by atoms with E-state index >= 15 is 0 Å². The minimum atomic E-state index is -0.598. The van der Waals surface area contributed by atoms with Gasteiger partial charge < -0.3 is 20.4 Å². The van der Waals surface area contributed by atoms with E-state index in [1.165, 1.54) is 56.9 Å². The normalized spacial score (nSPS) is 26.2. The van der Waals surface area contributed by atoms with Crippen molar-refractivity contribution in [3.8, 4) is 0 Å². The summed E-state index contributed by atoms with van der Waals surface area (Å²) in [6, 6.07) is 0. The van der Waals surface area contributed by atoms with Gasteiger partial charge in [-0.15, -0.1) is 0 Å². The van der Waals surface area contributed by atoms with Crippen molar-refractivity contribution in [3.05, 3.63) is 23.3 Å². The van der Waals surface area contributed by atoms with E-state index in [1.54, 1.807) is 5.57 Å². The first-order valence-electron chi connectivity index (χ1n) is 15.1. The SMILES string of the molecule is CCCCC/C(=C\C=C1C[C@@H](O)C[C@H](O)C1)C1CC[C@H](C(CCCC(C)(C)O)CCCC(C)(C)O)C1. The molecule has 2 aliphatic rings. The van der Waals surface area contributed by atoms with Crippen LogP contribution in [0.15, 0.2) is 23.3 Å². The average molecular weight is 507 g/mol. The summed E-state index contributed by atoms with van der Waals surface area (Å²) in [5, 5.41) is 40.6. The molecule has 4 atom stereocenters. The van der Waals surface area contributed by atoms with Crippen LogP contribution in [0.5, 0.6) is 0 Å². The predicted molar refractivity (Wildman–Crippen MR) is 151 cm³/mol. The number of allylic oxidation sites excluding steroid dienone is 3. The lowest BCUT2D eigenvalue weighted by Crippen LogP contribution is -2.24. The van der Waals surface area contributed by atoms with Crippen LogP contribution in [0.3, 0.4) is 0 Å². The van der Waals surface area contributed by atoms with Crippen molar-refractivity contribution in [2.45, 2.75) is 161 Å². The molecule has 0 aliphatic heterocycles. The molecule has 0 aromatic rings. The van der Waals surface area contributed by atoms with E-state index in [4.69, 9.17) is 0 Å². The Hall–Kier alpha value is -0.680. The second kappa shape index (κ2) is 15.0. The molecular formula is C32H58O4. The van der Waals surface area contributed by atoms with Crippen LogP contribution in [0.1, 0.15) is 137 Å². The summed E-state index contributed by atoms with van der Waals surface area (Å²) < 4.78 is 0. The first-order valence-corrected chi connectivity index (χ1v) is 15.1. The molecule has 2 saturated carbocycles. The molecule has 36 heavy (non-hydrogen) atoms. The maximum absolute atomic E-state index is 10.2. The van der Waals surface area contributed by atoms with E-state index in [9.17, 15) is 20.4 Å².